The molecular weight excluding hydrogens is 260 g/mol. The first kappa shape index (κ1) is 12.1. The van der Waals surface area contributed by atoms with E-state index in [1.54, 1.807) is 42.5 Å². The highest BCUT2D eigenvalue weighted by atomic mass is 35.5. The van der Waals surface area contributed by atoms with Crippen LogP contribution in [-0.2, 0) is 0 Å². The highest BCUT2D eigenvalue weighted by Gasteiger charge is 2.29. The molecule has 0 saturated carbocycles. The minimum absolute atomic E-state index is 0.0982. The average molecular weight is 271 g/mol. The van der Waals surface area contributed by atoms with Gasteiger partial charge in [0.15, 0.2) is 11.6 Å². The van der Waals surface area contributed by atoms with Gasteiger partial charge in [0.2, 0.25) is 0 Å². The van der Waals surface area contributed by atoms with Gasteiger partial charge < -0.3 is 0 Å². The third kappa shape index (κ3) is 1.80. The fourth-order valence-electron chi connectivity index (χ4n) is 2.36. The number of hydrogen-bond donors (Lipinski definition) is 0. The van der Waals surface area contributed by atoms with E-state index in [1.165, 1.54) is 0 Å². The van der Waals surface area contributed by atoms with Gasteiger partial charge in [0.05, 0.1) is 5.38 Å². The molecule has 2 aromatic rings. The molecule has 1 aliphatic rings. The first-order valence-electron chi connectivity index (χ1n) is 6.06. The van der Waals surface area contributed by atoms with Gasteiger partial charge in [-0.15, -0.1) is 11.6 Å². The van der Waals surface area contributed by atoms with Crippen LogP contribution in [0.3, 0.4) is 0 Å². The van der Waals surface area contributed by atoms with E-state index < -0.39 is 0 Å². The topological polar surface area (TPSA) is 34.1 Å². The Morgan fingerprint density at radius 2 is 1.37 bits per heavy atom. The van der Waals surface area contributed by atoms with E-state index in [0.717, 1.165) is 5.56 Å². The van der Waals surface area contributed by atoms with E-state index in [2.05, 4.69) is 0 Å². The quantitative estimate of drug-likeness (QED) is 0.631. The molecule has 0 N–H and O–H groups in total. The van der Waals surface area contributed by atoms with Crippen LogP contribution in [0, 0.1) is 0 Å². The fourth-order valence-corrected chi connectivity index (χ4v) is 2.50. The van der Waals surface area contributed by atoms with Gasteiger partial charge in [0, 0.05) is 22.3 Å². The molecule has 3 heteroatoms. The van der Waals surface area contributed by atoms with Crippen molar-refractivity contribution in [3.63, 3.8) is 0 Å². The summed E-state index contributed by atoms with van der Waals surface area (Å²) in [6.07, 6.45) is 0. The largest absolute Gasteiger partial charge is 0.289 e. The van der Waals surface area contributed by atoms with Gasteiger partial charge in [-0.2, -0.15) is 0 Å². The summed E-state index contributed by atoms with van der Waals surface area (Å²) >= 11 is 6.03. The average Bonchev–Trinajstić information content (AvgIpc) is 2.44. The molecule has 0 saturated heterocycles. The van der Waals surface area contributed by atoms with E-state index in [4.69, 9.17) is 11.6 Å². The van der Waals surface area contributed by atoms with Crippen LogP contribution >= 0.6 is 11.6 Å². The SMILES string of the molecule is CC(Cl)c1ccc2c(c1)C(=O)c1ccccc1C2=O. The summed E-state index contributed by atoms with van der Waals surface area (Å²) in [4.78, 5) is 24.8. The lowest BCUT2D eigenvalue weighted by Crippen LogP contribution is -2.21. The number of benzene rings is 2. The van der Waals surface area contributed by atoms with Gasteiger partial charge in [-0.3, -0.25) is 9.59 Å². The zero-order chi connectivity index (χ0) is 13.6. The smallest absolute Gasteiger partial charge is 0.194 e. The van der Waals surface area contributed by atoms with Gasteiger partial charge in [0.1, 0.15) is 0 Å². The monoisotopic (exact) mass is 270 g/mol. The molecule has 0 heterocycles. The Kier molecular flexibility index (Phi) is 2.76. The summed E-state index contributed by atoms with van der Waals surface area (Å²) in [7, 11) is 0. The second-order valence-electron chi connectivity index (χ2n) is 4.62. The summed E-state index contributed by atoms with van der Waals surface area (Å²) in [5.74, 6) is -0.205. The van der Waals surface area contributed by atoms with E-state index in [-0.39, 0.29) is 16.9 Å². The molecule has 1 aliphatic carbocycles. The molecule has 0 aromatic heterocycles. The van der Waals surface area contributed by atoms with Crippen LogP contribution in [-0.4, -0.2) is 11.6 Å². The molecular formula is C16H11ClO2. The number of fused-ring (bicyclic) bond motifs is 2. The number of hydrogen-bond acceptors (Lipinski definition) is 2. The van der Waals surface area contributed by atoms with Gasteiger partial charge in [0.25, 0.3) is 0 Å². The first-order chi connectivity index (χ1) is 9.09. The molecule has 0 aliphatic heterocycles. The van der Waals surface area contributed by atoms with Crippen molar-refractivity contribution in [3.8, 4) is 0 Å². The predicted molar refractivity (Wildman–Crippen MR) is 74.0 cm³/mol. The standard InChI is InChI=1S/C16H11ClO2/c1-9(17)10-6-7-13-14(8-10)16(19)12-5-3-2-4-11(12)15(13)18/h2-9H,1H3. The fraction of sp³-hybridized carbons (Fsp3) is 0.125. The minimum atomic E-state index is -0.189. The maximum absolute atomic E-state index is 12.4. The number of halogens is 1. The molecule has 19 heavy (non-hydrogen) atoms. The summed E-state index contributed by atoms with van der Waals surface area (Å²) in [6, 6.07) is 12.1. The third-order valence-electron chi connectivity index (χ3n) is 3.41. The van der Waals surface area contributed by atoms with Crippen molar-refractivity contribution in [1.82, 2.24) is 0 Å². The Labute approximate surface area is 116 Å². The van der Waals surface area contributed by atoms with Crippen LogP contribution in [0.4, 0.5) is 0 Å². The van der Waals surface area contributed by atoms with Crippen LogP contribution < -0.4 is 0 Å². The first-order valence-corrected chi connectivity index (χ1v) is 6.49. The summed E-state index contributed by atoms with van der Waals surface area (Å²) in [5, 5.41) is -0.189. The molecule has 3 rings (SSSR count). The molecule has 0 fully saturated rings. The van der Waals surface area contributed by atoms with Crippen molar-refractivity contribution >= 4 is 23.2 Å². The van der Waals surface area contributed by atoms with E-state index >= 15 is 0 Å². The summed E-state index contributed by atoms with van der Waals surface area (Å²) in [5.41, 5.74) is 2.71. The Morgan fingerprint density at radius 3 is 1.95 bits per heavy atom. The predicted octanol–water partition coefficient (Wildman–Crippen LogP) is 3.76. The van der Waals surface area contributed by atoms with Crippen LogP contribution in [0.2, 0.25) is 0 Å². The number of alkyl halides is 1. The minimum Gasteiger partial charge on any atom is -0.289 e. The Morgan fingerprint density at radius 1 is 0.842 bits per heavy atom. The van der Waals surface area contributed by atoms with Crippen LogP contribution in [0.1, 0.15) is 49.7 Å². The maximum Gasteiger partial charge on any atom is 0.194 e. The Bertz CT molecular complexity index is 702. The normalized spacial score (nSPS) is 14.8. The molecule has 94 valence electrons. The van der Waals surface area contributed by atoms with Crippen LogP contribution in [0.15, 0.2) is 42.5 Å². The lowest BCUT2D eigenvalue weighted by molar-refractivity contribution is 0.0979. The summed E-state index contributed by atoms with van der Waals surface area (Å²) in [6.45, 7) is 1.84. The molecule has 2 aromatic carbocycles. The van der Waals surface area contributed by atoms with Crippen molar-refractivity contribution in [1.29, 1.82) is 0 Å². The molecule has 2 nitrogen and oxygen atoms in total. The lowest BCUT2D eigenvalue weighted by Gasteiger charge is -2.18. The van der Waals surface area contributed by atoms with Crippen molar-refractivity contribution in [3.05, 3.63) is 70.3 Å². The van der Waals surface area contributed by atoms with Gasteiger partial charge in [-0.25, -0.2) is 0 Å². The molecule has 0 radical (unpaired) electrons. The second-order valence-corrected chi connectivity index (χ2v) is 5.28. The highest BCUT2D eigenvalue weighted by Crippen LogP contribution is 2.30. The molecule has 1 unspecified atom stereocenters. The molecule has 0 bridgehead atoms. The molecule has 0 spiro atoms. The highest BCUT2D eigenvalue weighted by molar-refractivity contribution is 6.28. The van der Waals surface area contributed by atoms with E-state index in [0.29, 0.717) is 22.3 Å². The zero-order valence-electron chi connectivity index (χ0n) is 10.3. The second kappa shape index (κ2) is 4.32. The molecule has 1 atom stereocenters. The maximum atomic E-state index is 12.4. The van der Waals surface area contributed by atoms with Gasteiger partial charge >= 0.3 is 0 Å². The number of carbonyl (C=O) groups is 2. The van der Waals surface area contributed by atoms with Crippen LogP contribution in [0.5, 0.6) is 0 Å². The molecule has 0 amide bonds. The van der Waals surface area contributed by atoms with Crippen molar-refractivity contribution < 1.29 is 9.59 Å². The third-order valence-corrected chi connectivity index (χ3v) is 3.66. The van der Waals surface area contributed by atoms with E-state index in [1.807, 2.05) is 6.92 Å². The Balaban J connectivity index is 2.24. The number of ketones is 2. The lowest BCUT2D eigenvalue weighted by atomic mass is 9.83. The summed E-state index contributed by atoms with van der Waals surface area (Å²) < 4.78 is 0. The Hall–Kier alpha value is -1.93. The van der Waals surface area contributed by atoms with Gasteiger partial charge in [-0.1, -0.05) is 30.3 Å². The number of rotatable bonds is 1. The van der Waals surface area contributed by atoms with Crippen molar-refractivity contribution in [2.45, 2.75) is 12.3 Å². The zero-order valence-corrected chi connectivity index (χ0v) is 11.1. The van der Waals surface area contributed by atoms with E-state index in [9.17, 15) is 9.59 Å². The number of carbonyl (C=O) groups excluding carboxylic acids is 2. The van der Waals surface area contributed by atoms with Crippen molar-refractivity contribution in [2.75, 3.05) is 0 Å². The van der Waals surface area contributed by atoms with Crippen molar-refractivity contribution in [2.24, 2.45) is 0 Å². The van der Waals surface area contributed by atoms with Gasteiger partial charge in [-0.05, 0) is 24.6 Å². The van der Waals surface area contributed by atoms with Crippen LogP contribution in [0.25, 0.3) is 0 Å².